The first-order chi connectivity index (χ1) is 9.87. The number of fused-ring (bicyclic) bond motifs is 3. The molecule has 1 unspecified atom stereocenters. The lowest BCUT2D eigenvalue weighted by Crippen LogP contribution is -2.35. The Morgan fingerprint density at radius 1 is 1.24 bits per heavy atom. The molecule has 114 valence electrons. The lowest BCUT2D eigenvalue weighted by Gasteiger charge is -2.26. The van der Waals surface area contributed by atoms with Gasteiger partial charge < -0.3 is 9.84 Å². The predicted octanol–water partition coefficient (Wildman–Crippen LogP) is 2.10. The number of carbonyl (C=O) groups excluding carboxylic acids is 1. The fourth-order valence-corrected chi connectivity index (χ4v) is 2.93. The lowest BCUT2D eigenvalue weighted by atomic mass is 9.92. The quantitative estimate of drug-likeness (QED) is 0.792. The Kier molecular flexibility index (Phi) is 3.36. The van der Waals surface area contributed by atoms with Crippen molar-refractivity contribution >= 4 is 6.09 Å². The van der Waals surface area contributed by atoms with Gasteiger partial charge in [0.05, 0.1) is 12.2 Å². The molecule has 21 heavy (non-hydrogen) atoms. The maximum absolute atomic E-state index is 12.2. The summed E-state index contributed by atoms with van der Waals surface area (Å²) in [6.45, 7) is 5.77. The second kappa shape index (κ2) is 4.94. The van der Waals surface area contributed by atoms with Crippen molar-refractivity contribution in [1.29, 1.82) is 0 Å². The van der Waals surface area contributed by atoms with Gasteiger partial charge in [-0.1, -0.05) is 0 Å². The Balaban J connectivity index is 1.88. The number of hydrogen-bond acceptors (Lipinski definition) is 5. The van der Waals surface area contributed by atoms with Gasteiger partial charge in [0, 0.05) is 5.56 Å². The monoisotopic (exact) mass is 291 g/mol. The van der Waals surface area contributed by atoms with E-state index >= 15 is 0 Å². The minimum Gasteiger partial charge on any atom is -0.444 e. The molecule has 6 nitrogen and oxygen atoms in total. The van der Waals surface area contributed by atoms with Crippen LogP contribution in [0.4, 0.5) is 4.79 Å². The molecule has 1 aromatic rings. The Morgan fingerprint density at radius 2 is 1.95 bits per heavy atom. The average molecular weight is 291 g/mol. The zero-order valence-electron chi connectivity index (χ0n) is 12.7. The lowest BCUT2D eigenvalue weighted by molar-refractivity contribution is -0.0271. The Bertz CT molecular complexity index is 580. The fourth-order valence-electron chi connectivity index (χ4n) is 2.93. The minimum absolute atomic E-state index is 0.350. The van der Waals surface area contributed by atoms with Crippen LogP contribution in [0.5, 0.6) is 0 Å². The van der Waals surface area contributed by atoms with Crippen molar-refractivity contribution in [1.82, 2.24) is 15.1 Å². The Labute approximate surface area is 124 Å². The van der Waals surface area contributed by atoms with Gasteiger partial charge in [-0.05, 0) is 52.0 Å². The summed E-state index contributed by atoms with van der Waals surface area (Å²) in [4.78, 5) is 13.5. The van der Waals surface area contributed by atoms with Crippen molar-refractivity contribution in [2.45, 2.75) is 64.8 Å². The maximum atomic E-state index is 12.2. The van der Waals surface area contributed by atoms with Crippen LogP contribution in [-0.2, 0) is 24.1 Å². The third kappa shape index (κ3) is 2.60. The highest BCUT2D eigenvalue weighted by Gasteiger charge is 2.38. The molecule has 0 saturated carbocycles. The molecule has 3 rings (SSSR count). The Morgan fingerprint density at radius 3 is 2.67 bits per heavy atom. The van der Waals surface area contributed by atoms with E-state index < -0.39 is 17.9 Å². The first-order valence-electron chi connectivity index (χ1n) is 7.42. The van der Waals surface area contributed by atoms with Gasteiger partial charge in [0.25, 0.3) is 0 Å². The fraction of sp³-hybridized carbons (Fsp3) is 0.667. The van der Waals surface area contributed by atoms with E-state index in [9.17, 15) is 9.90 Å². The molecule has 6 heteroatoms. The van der Waals surface area contributed by atoms with Crippen LogP contribution < -0.4 is 0 Å². The molecule has 1 atom stereocenters. The molecule has 1 aliphatic carbocycles. The van der Waals surface area contributed by atoms with E-state index in [4.69, 9.17) is 4.74 Å². The third-order valence-corrected chi connectivity index (χ3v) is 3.89. The van der Waals surface area contributed by atoms with E-state index in [2.05, 4.69) is 10.2 Å². The molecule has 0 saturated heterocycles. The zero-order valence-corrected chi connectivity index (χ0v) is 12.7. The van der Waals surface area contributed by atoms with E-state index in [-0.39, 0.29) is 0 Å². The average Bonchev–Trinajstić information content (AvgIpc) is 2.75. The number of nitrogens with zero attached hydrogens (tertiary/aromatic N) is 3. The first kappa shape index (κ1) is 14.3. The molecule has 0 bridgehead atoms. The number of hydrogen-bond donors (Lipinski definition) is 1. The highest BCUT2D eigenvalue weighted by molar-refractivity contribution is 5.70. The van der Waals surface area contributed by atoms with Gasteiger partial charge in [-0.25, -0.2) is 4.79 Å². The molecule has 1 aliphatic heterocycles. The number of amides is 1. The summed E-state index contributed by atoms with van der Waals surface area (Å²) in [6.07, 6.45) is 2.54. The number of aliphatic hydroxyl groups is 1. The van der Waals surface area contributed by atoms with E-state index in [0.29, 0.717) is 12.2 Å². The molecule has 0 radical (unpaired) electrons. The second-order valence-electron chi connectivity index (χ2n) is 6.68. The summed E-state index contributed by atoms with van der Waals surface area (Å²) in [7, 11) is 0. The molecular weight excluding hydrogens is 270 g/mol. The summed E-state index contributed by atoms with van der Waals surface area (Å²) in [5.74, 6) is 0. The topological polar surface area (TPSA) is 75.5 Å². The normalized spacial score (nSPS) is 21.0. The van der Waals surface area contributed by atoms with Gasteiger partial charge >= 0.3 is 6.09 Å². The number of aliphatic hydroxyl groups excluding tert-OH is 1. The van der Waals surface area contributed by atoms with Crippen molar-refractivity contribution in [3.05, 3.63) is 22.5 Å². The van der Waals surface area contributed by atoms with E-state index in [1.165, 1.54) is 4.90 Å². The van der Waals surface area contributed by atoms with Crippen molar-refractivity contribution in [2.75, 3.05) is 0 Å². The van der Waals surface area contributed by atoms with Crippen LogP contribution in [0.25, 0.3) is 0 Å². The summed E-state index contributed by atoms with van der Waals surface area (Å²) in [5.41, 5.74) is 3.05. The number of carbonyl (C=O) groups is 1. The zero-order chi connectivity index (χ0) is 15.2. The Hall–Kier alpha value is -1.69. The molecule has 1 N–H and O–H groups in total. The van der Waals surface area contributed by atoms with Crippen LogP contribution in [0.1, 0.15) is 62.4 Å². The number of aryl methyl sites for hydroxylation is 1. The third-order valence-electron chi connectivity index (χ3n) is 3.89. The van der Waals surface area contributed by atoms with Crippen LogP contribution >= 0.6 is 0 Å². The van der Waals surface area contributed by atoms with E-state index in [0.717, 1.165) is 42.5 Å². The highest BCUT2D eigenvalue weighted by Crippen LogP contribution is 2.36. The van der Waals surface area contributed by atoms with Crippen LogP contribution in [0.3, 0.4) is 0 Å². The van der Waals surface area contributed by atoms with Crippen molar-refractivity contribution in [2.24, 2.45) is 0 Å². The first-order valence-corrected chi connectivity index (χ1v) is 7.42. The van der Waals surface area contributed by atoms with Gasteiger partial charge in [-0.15, -0.1) is 0 Å². The van der Waals surface area contributed by atoms with Crippen LogP contribution in [0, 0.1) is 0 Å². The predicted molar refractivity (Wildman–Crippen MR) is 75.4 cm³/mol. The smallest absolute Gasteiger partial charge is 0.412 e. The standard InChI is InChI=1S/C15H21N3O3/c1-15(2,3)21-14(20)18-8-10-9-6-4-5-7-11(9)16-17-12(10)13(18)19/h13,19H,4-8H2,1-3H3. The van der Waals surface area contributed by atoms with Crippen molar-refractivity contribution in [3.8, 4) is 0 Å². The van der Waals surface area contributed by atoms with Crippen molar-refractivity contribution < 1.29 is 14.6 Å². The van der Waals surface area contributed by atoms with Crippen molar-refractivity contribution in [3.63, 3.8) is 0 Å². The van der Waals surface area contributed by atoms with E-state index in [1.807, 2.05) is 20.8 Å². The van der Waals surface area contributed by atoms with Gasteiger partial charge in [-0.2, -0.15) is 10.2 Å². The molecule has 0 aromatic carbocycles. The second-order valence-corrected chi connectivity index (χ2v) is 6.68. The number of aromatic nitrogens is 2. The molecule has 1 aromatic heterocycles. The van der Waals surface area contributed by atoms with Crippen LogP contribution in [0.15, 0.2) is 0 Å². The van der Waals surface area contributed by atoms with Gasteiger partial charge in [0.2, 0.25) is 0 Å². The summed E-state index contributed by atoms with van der Waals surface area (Å²) in [5, 5.41) is 18.7. The van der Waals surface area contributed by atoms with Gasteiger partial charge in [-0.3, -0.25) is 4.90 Å². The molecule has 1 amide bonds. The summed E-state index contributed by atoms with van der Waals surface area (Å²) >= 11 is 0. The minimum atomic E-state index is -1.06. The summed E-state index contributed by atoms with van der Waals surface area (Å²) < 4.78 is 5.35. The molecular formula is C15H21N3O3. The highest BCUT2D eigenvalue weighted by atomic mass is 16.6. The molecule has 0 spiro atoms. The van der Waals surface area contributed by atoms with Crippen LogP contribution in [-0.4, -0.2) is 31.9 Å². The van der Waals surface area contributed by atoms with Gasteiger partial charge in [0.1, 0.15) is 11.3 Å². The maximum Gasteiger partial charge on any atom is 0.412 e. The van der Waals surface area contributed by atoms with E-state index in [1.54, 1.807) is 0 Å². The molecule has 2 aliphatic rings. The SMILES string of the molecule is CC(C)(C)OC(=O)N1Cc2c(nnc3c2CCCC3)C1O. The largest absolute Gasteiger partial charge is 0.444 e. The van der Waals surface area contributed by atoms with Gasteiger partial charge in [0.15, 0.2) is 6.23 Å². The number of rotatable bonds is 0. The summed E-state index contributed by atoms with van der Waals surface area (Å²) in [6, 6.07) is 0. The number of ether oxygens (including phenoxy) is 1. The van der Waals surface area contributed by atoms with Crippen LogP contribution in [0.2, 0.25) is 0 Å². The molecule has 0 fully saturated rings. The molecule has 2 heterocycles.